The molecule has 0 saturated carbocycles. The van der Waals surface area contributed by atoms with E-state index in [9.17, 15) is 23.1 Å². The molecule has 1 atom stereocenters. The van der Waals surface area contributed by atoms with Crippen LogP contribution in [0.3, 0.4) is 0 Å². The number of benzene rings is 1. The lowest BCUT2D eigenvalue weighted by molar-refractivity contribution is -0.141. The smallest absolute Gasteiger partial charge is 0.308 e. The highest BCUT2D eigenvalue weighted by Gasteiger charge is 2.24. The summed E-state index contributed by atoms with van der Waals surface area (Å²) in [7, 11) is -1.09. The standard InChI is InChI=1S/C18H22N2O6S/c1-12-5-4-6-13(9-12)10-14(18(22)23)11-19-17(21)15-7-8-16(26-15)27(24,25)20(2)3/h4-9,14H,10-11H2,1-3H3,(H,19,21)(H,22,23). The van der Waals surface area contributed by atoms with Crippen molar-refractivity contribution in [2.45, 2.75) is 18.4 Å². The number of nitrogens with zero attached hydrogens (tertiary/aromatic N) is 1. The molecule has 2 aromatic rings. The van der Waals surface area contributed by atoms with E-state index in [4.69, 9.17) is 4.42 Å². The van der Waals surface area contributed by atoms with Gasteiger partial charge >= 0.3 is 5.97 Å². The third-order valence-corrected chi connectivity index (χ3v) is 5.65. The normalized spacial score (nSPS) is 12.7. The van der Waals surface area contributed by atoms with Crippen LogP contribution in [-0.2, 0) is 21.2 Å². The lowest BCUT2D eigenvalue weighted by Crippen LogP contribution is -2.34. The van der Waals surface area contributed by atoms with Gasteiger partial charge in [0.1, 0.15) is 0 Å². The molecule has 9 heteroatoms. The van der Waals surface area contributed by atoms with Gasteiger partial charge in [0.2, 0.25) is 5.09 Å². The highest BCUT2D eigenvalue weighted by atomic mass is 32.2. The Labute approximate surface area is 157 Å². The van der Waals surface area contributed by atoms with Gasteiger partial charge in [0.05, 0.1) is 5.92 Å². The van der Waals surface area contributed by atoms with Crippen molar-refractivity contribution in [1.29, 1.82) is 0 Å². The number of hydrogen-bond acceptors (Lipinski definition) is 5. The van der Waals surface area contributed by atoms with E-state index in [1.165, 1.54) is 26.2 Å². The summed E-state index contributed by atoms with van der Waals surface area (Å²) in [4.78, 5) is 23.7. The van der Waals surface area contributed by atoms with Gasteiger partial charge in [-0.2, -0.15) is 0 Å². The van der Waals surface area contributed by atoms with Crippen molar-refractivity contribution in [3.63, 3.8) is 0 Å². The second kappa shape index (κ2) is 8.36. The Morgan fingerprint density at radius 1 is 1.22 bits per heavy atom. The maximum absolute atomic E-state index is 12.2. The molecule has 2 N–H and O–H groups in total. The Morgan fingerprint density at radius 2 is 1.93 bits per heavy atom. The van der Waals surface area contributed by atoms with Gasteiger partial charge < -0.3 is 14.8 Å². The predicted molar refractivity (Wildman–Crippen MR) is 97.9 cm³/mol. The number of rotatable bonds is 8. The van der Waals surface area contributed by atoms with Crippen molar-refractivity contribution in [3.05, 3.63) is 53.3 Å². The van der Waals surface area contributed by atoms with E-state index < -0.39 is 27.8 Å². The maximum Gasteiger partial charge on any atom is 0.308 e. The van der Waals surface area contributed by atoms with Gasteiger partial charge in [-0.15, -0.1) is 0 Å². The molecule has 1 amide bonds. The fourth-order valence-corrected chi connectivity index (χ4v) is 3.23. The SMILES string of the molecule is Cc1cccc(CC(CNC(=O)c2ccc(S(=O)(=O)N(C)C)o2)C(=O)O)c1. The van der Waals surface area contributed by atoms with Crippen LogP contribution in [0, 0.1) is 12.8 Å². The lowest BCUT2D eigenvalue weighted by Gasteiger charge is -2.13. The summed E-state index contributed by atoms with van der Waals surface area (Å²) < 4.78 is 30.0. The number of amides is 1. The topological polar surface area (TPSA) is 117 Å². The highest BCUT2D eigenvalue weighted by molar-refractivity contribution is 7.88. The zero-order chi connectivity index (χ0) is 20.2. The van der Waals surface area contributed by atoms with Crippen molar-refractivity contribution in [2.24, 2.45) is 5.92 Å². The molecule has 0 fully saturated rings. The Kier molecular flexibility index (Phi) is 6.40. The quantitative estimate of drug-likeness (QED) is 0.701. The lowest BCUT2D eigenvalue weighted by atomic mass is 9.98. The number of carboxylic acids is 1. The van der Waals surface area contributed by atoms with Gasteiger partial charge in [-0.1, -0.05) is 29.8 Å². The molecule has 1 heterocycles. The maximum atomic E-state index is 12.2. The number of aryl methyl sites for hydroxylation is 1. The van der Waals surface area contributed by atoms with Gasteiger partial charge in [-0.25, -0.2) is 12.7 Å². The Hall–Kier alpha value is -2.65. The molecule has 0 aliphatic heterocycles. The van der Waals surface area contributed by atoms with Crippen molar-refractivity contribution in [2.75, 3.05) is 20.6 Å². The Bertz CT molecular complexity index is 933. The van der Waals surface area contributed by atoms with Crippen LogP contribution in [0.5, 0.6) is 0 Å². The summed E-state index contributed by atoms with van der Waals surface area (Å²) >= 11 is 0. The summed E-state index contributed by atoms with van der Waals surface area (Å²) in [5, 5.41) is 11.5. The van der Waals surface area contributed by atoms with E-state index in [1.54, 1.807) is 0 Å². The second-order valence-electron chi connectivity index (χ2n) is 6.34. The minimum Gasteiger partial charge on any atom is -0.481 e. The molecular formula is C18H22N2O6S. The third-order valence-electron chi connectivity index (χ3n) is 3.96. The Morgan fingerprint density at radius 3 is 2.52 bits per heavy atom. The first kappa shape index (κ1) is 20.7. The molecule has 1 unspecified atom stereocenters. The van der Waals surface area contributed by atoms with Gasteiger partial charge in [-0.05, 0) is 31.0 Å². The van der Waals surface area contributed by atoms with Gasteiger partial charge in [0.25, 0.3) is 15.9 Å². The number of carbonyl (C=O) groups is 2. The van der Waals surface area contributed by atoms with E-state index >= 15 is 0 Å². The minimum atomic E-state index is -3.79. The average Bonchev–Trinajstić information content (AvgIpc) is 3.09. The molecule has 0 spiro atoms. The molecule has 0 aliphatic carbocycles. The zero-order valence-corrected chi connectivity index (χ0v) is 16.1. The summed E-state index contributed by atoms with van der Waals surface area (Å²) in [5.41, 5.74) is 1.87. The van der Waals surface area contributed by atoms with Gasteiger partial charge in [-0.3, -0.25) is 9.59 Å². The van der Waals surface area contributed by atoms with Crippen molar-refractivity contribution < 1.29 is 27.5 Å². The first-order chi connectivity index (χ1) is 12.6. The summed E-state index contributed by atoms with van der Waals surface area (Å²) in [5.74, 6) is -2.73. The van der Waals surface area contributed by atoms with Crippen LogP contribution in [0.2, 0.25) is 0 Å². The molecule has 0 saturated heterocycles. The first-order valence-corrected chi connectivity index (χ1v) is 9.64. The highest BCUT2D eigenvalue weighted by Crippen LogP contribution is 2.17. The van der Waals surface area contributed by atoms with Gasteiger partial charge in [0.15, 0.2) is 5.76 Å². The van der Waals surface area contributed by atoms with Crippen LogP contribution < -0.4 is 5.32 Å². The number of carboxylic acid groups (broad SMARTS) is 1. The molecule has 1 aromatic heterocycles. The molecular weight excluding hydrogens is 372 g/mol. The largest absolute Gasteiger partial charge is 0.481 e. The molecule has 0 bridgehead atoms. The molecule has 0 aliphatic rings. The first-order valence-electron chi connectivity index (χ1n) is 8.20. The number of hydrogen-bond donors (Lipinski definition) is 2. The molecule has 2 rings (SSSR count). The summed E-state index contributed by atoms with van der Waals surface area (Å²) in [6, 6.07) is 9.90. The number of aliphatic carboxylic acids is 1. The second-order valence-corrected chi connectivity index (χ2v) is 8.43. The van der Waals surface area contributed by atoms with Gasteiger partial charge in [0, 0.05) is 20.6 Å². The Balaban J connectivity index is 2.04. The fraction of sp³-hybridized carbons (Fsp3) is 0.333. The third kappa shape index (κ3) is 5.18. The zero-order valence-electron chi connectivity index (χ0n) is 15.3. The van der Waals surface area contributed by atoms with E-state index in [2.05, 4.69) is 5.32 Å². The van der Waals surface area contributed by atoms with E-state index in [0.717, 1.165) is 15.4 Å². The number of nitrogens with one attached hydrogen (secondary N) is 1. The number of furan rings is 1. The van der Waals surface area contributed by atoms with Crippen LogP contribution in [0.1, 0.15) is 21.7 Å². The monoisotopic (exact) mass is 394 g/mol. The van der Waals surface area contributed by atoms with E-state index in [-0.39, 0.29) is 23.8 Å². The molecule has 146 valence electrons. The fourth-order valence-electron chi connectivity index (χ4n) is 2.43. The van der Waals surface area contributed by atoms with Crippen LogP contribution in [0.15, 0.2) is 45.9 Å². The number of carbonyl (C=O) groups excluding carboxylic acids is 1. The van der Waals surface area contributed by atoms with Crippen LogP contribution in [0.25, 0.3) is 0 Å². The van der Waals surface area contributed by atoms with Crippen LogP contribution >= 0.6 is 0 Å². The van der Waals surface area contributed by atoms with E-state index in [1.807, 2.05) is 31.2 Å². The summed E-state index contributed by atoms with van der Waals surface area (Å²) in [6.45, 7) is 1.80. The molecule has 1 aromatic carbocycles. The molecule has 8 nitrogen and oxygen atoms in total. The number of sulfonamides is 1. The van der Waals surface area contributed by atoms with Crippen molar-refractivity contribution >= 4 is 21.9 Å². The molecule has 27 heavy (non-hydrogen) atoms. The summed E-state index contributed by atoms with van der Waals surface area (Å²) in [6.07, 6.45) is 0.260. The molecule has 0 radical (unpaired) electrons. The predicted octanol–water partition coefficient (Wildman–Crippen LogP) is 1.51. The van der Waals surface area contributed by atoms with Crippen LogP contribution in [0.4, 0.5) is 0 Å². The van der Waals surface area contributed by atoms with Crippen molar-refractivity contribution in [3.8, 4) is 0 Å². The van der Waals surface area contributed by atoms with Crippen LogP contribution in [-0.4, -0.2) is 50.3 Å². The van der Waals surface area contributed by atoms with E-state index in [0.29, 0.717) is 0 Å². The average molecular weight is 394 g/mol. The minimum absolute atomic E-state index is 0.113. The van der Waals surface area contributed by atoms with Crippen molar-refractivity contribution in [1.82, 2.24) is 9.62 Å².